The Morgan fingerprint density at radius 3 is 2.56 bits per heavy atom. The average molecular weight is 252 g/mol. The maximum atomic E-state index is 13.1. The Labute approximate surface area is 103 Å². The zero-order valence-corrected chi connectivity index (χ0v) is 9.98. The fraction of sp³-hybridized carbons (Fsp3) is 0.333. The topological polar surface area (TPSA) is 56.7 Å². The molecule has 96 valence electrons. The summed E-state index contributed by atoms with van der Waals surface area (Å²) in [5.41, 5.74) is 7.27. The summed E-state index contributed by atoms with van der Waals surface area (Å²) in [5.74, 6) is -1.20. The highest BCUT2D eigenvalue weighted by Crippen LogP contribution is 2.17. The average Bonchev–Trinajstić information content (AvgIpc) is 2.75. The molecule has 1 aromatic heterocycles. The van der Waals surface area contributed by atoms with Crippen molar-refractivity contribution in [3.8, 4) is 0 Å². The van der Waals surface area contributed by atoms with Crippen LogP contribution in [-0.4, -0.2) is 15.0 Å². The van der Waals surface area contributed by atoms with Gasteiger partial charge in [-0.2, -0.15) is 0 Å². The Hall–Kier alpha value is -1.82. The second-order valence-corrected chi connectivity index (χ2v) is 4.06. The molecule has 0 amide bonds. The van der Waals surface area contributed by atoms with Crippen molar-refractivity contribution in [3.63, 3.8) is 0 Å². The van der Waals surface area contributed by atoms with Crippen LogP contribution < -0.4 is 5.73 Å². The van der Waals surface area contributed by atoms with Gasteiger partial charge in [0.1, 0.15) is 11.6 Å². The van der Waals surface area contributed by atoms with E-state index in [1.807, 2.05) is 6.92 Å². The summed E-state index contributed by atoms with van der Waals surface area (Å²) in [5, 5.41) is 7.65. The Morgan fingerprint density at radius 2 is 1.94 bits per heavy atom. The van der Waals surface area contributed by atoms with E-state index in [2.05, 4.69) is 10.3 Å². The smallest absolute Gasteiger partial charge is 0.126 e. The third kappa shape index (κ3) is 2.70. The summed E-state index contributed by atoms with van der Waals surface area (Å²) in [6.45, 7) is 2.58. The quantitative estimate of drug-likeness (QED) is 0.903. The van der Waals surface area contributed by atoms with Gasteiger partial charge in [0.2, 0.25) is 0 Å². The first-order valence-corrected chi connectivity index (χ1v) is 5.69. The zero-order valence-electron chi connectivity index (χ0n) is 9.98. The maximum absolute atomic E-state index is 13.1. The molecule has 2 N–H and O–H groups in total. The minimum Gasteiger partial charge on any atom is -0.322 e. The molecule has 6 heteroatoms. The van der Waals surface area contributed by atoms with Gasteiger partial charge in [0.15, 0.2) is 0 Å². The van der Waals surface area contributed by atoms with Crippen molar-refractivity contribution in [2.45, 2.75) is 25.9 Å². The number of benzene rings is 1. The highest BCUT2D eigenvalue weighted by atomic mass is 19.1. The van der Waals surface area contributed by atoms with E-state index in [1.54, 1.807) is 10.9 Å². The van der Waals surface area contributed by atoms with Crippen LogP contribution in [0.15, 0.2) is 24.4 Å². The van der Waals surface area contributed by atoms with E-state index in [0.717, 1.165) is 11.8 Å². The lowest BCUT2D eigenvalue weighted by Crippen LogP contribution is -2.18. The maximum Gasteiger partial charge on any atom is 0.126 e. The van der Waals surface area contributed by atoms with Gasteiger partial charge in [-0.15, -0.1) is 5.10 Å². The van der Waals surface area contributed by atoms with Crippen LogP contribution in [0.5, 0.6) is 0 Å². The Balaban J connectivity index is 2.18. The SMILES string of the molecule is CCn1nncc1C(N)Cc1cc(F)cc(F)c1. The molecule has 0 spiro atoms. The van der Waals surface area contributed by atoms with Crippen LogP contribution in [0.1, 0.15) is 24.2 Å². The minimum atomic E-state index is -0.598. The van der Waals surface area contributed by atoms with E-state index in [-0.39, 0.29) is 6.04 Å². The molecule has 0 fully saturated rings. The van der Waals surface area contributed by atoms with Gasteiger partial charge in [-0.25, -0.2) is 13.5 Å². The monoisotopic (exact) mass is 252 g/mol. The molecule has 1 heterocycles. The fourth-order valence-corrected chi connectivity index (χ4v) is 1.89. The summed E-state index contributed by atoms with van der Waals surface area (Å²) in [4.78, 5) is 0. The molecule has 0 aliphatic heterocycles. The molecule has 1 atom stereocenters. The normalized spacial score (nSPS) is 12.7. The van der Waals surface area contributed by atoms with Crippen LogP contribution in [0.25, 0.3) is 0 Å². The van der Waals surface area contributed by atoms with Gasteiger partial charge >= 0.3 is 0 Å². The number of nitrogens with zero attached hydrogens (tertiary/aromatic N) is 3. The molecule has 0 radical (unpaired) electrons. The van der Waals surface area contributed by atoms with Crippen LogP contribution in [0, 0.1) is 11.6 Å². The Bertz CT molecular complexity index is 518. The lowest BCUT2D eigenvalue weighted by molar-refractivity contribution is 0.549. The molecule has 0 saturated carbocycles. The molecular weight excluding hydrogens is 238 g/mol. The highest BCUT2D eigenvalue weighted by molar-refractivity contribution is 5.20. The van der Waals surface area contributed by atoms with E-state index in [0.29, 0.717) is 18.5 Å². The van der Waals surface area contributed by atoms with E-state index in [4.69, 9.17) is 5.73 Å². The predicted molar refractivity (Wildman–Crippen MR) is 62.7 cm³/mol. The first-order chi connectivity index (χ1) is 8.60. The Kier molecular flexibility index (Phi) is 3.66. The van der Waals surface area contributed by atoms with Gasteiger partial charge in [0.05, 0.1) is 17.9 Å². The molecule has 0 aliphatic carbocycles. The van der Waals surface area contributed by atoms with Crippen molar-refractivity contribution in [1.82, 2.24) is 15.0 Å². The van der Waals surface area contributed by atoms with E-state index >= 15 is 0 Å². The van der Waals surface area contributed by atoms with Crippen LogP contribution in [0.2, 0.25) is 0 Å². The van der Waals surface area contributed by atoms with E-state index in [9.17, 15) is 8.78 Å². The summed E-state index contributed by atoms with van der Waals surface area (Å²) >= 11 is 0. The lowest BCUT2D eigenvalue weighted by atomic mass is 10.0. The Morgan fingerprint density at radius 1 is 1.28 bits per heavy atom. The molecule has 1 aromatic carbocycles. The number of aromatic nitrogens is 3. The summed E-state index contributed by atoms with van der Waals surface area (Å²) in [7, 11) is 0. The molecule has 0 aliphatic rings. The molecule has 18 heavy (non-hydrogen) atoms. The van der Waals surface area contributed by atoms with Crippen molar-refractivity contribution in [1.29, 1.82) is 0 Å². The minimum absolute atomic E-state index is 0.335. The van der Waals surface area contributed by atoms with Crippen LogP contribution in [0.4, 0.5) is 8.78 Å². The molecular formula is C12H14F2N4. The van der Waals surface area contributed by atoms with Crippen molar-refractivity contribution < 1.29 is 8.78 Å². The van der Waals surface area contributed by atoms with Gasteiger partial charge in [-0.05, 0) is 31.0 Å². The first kappa shape index (κ1) is 12.6. The van der Waals surface area contributed by atoms with Crippen molar-refractivity contribution in [2.24, 2.45) is 5.73 Å². The molecule has 1 unspecified atom stereocenters. The molecule has 2 aromatic rings. The number of halogens is 2. The van der Waals surface area contributed by atoms with E-state index < -0.39 is 11.6 Å². The van der Waals surface area contributed by atoms with Gasteiger partial charge < -0.3 is 5.73 Å². The predicted octanol–water partition coefficient (Wildman–Crippen LogP) is 1.82. The third-order valence-electron chi connectivity index (χ3n) is 2.71. The molecule has 2 rings (SSSR count). The third-order valence-corrected chi connectivity index (χ3v) is 2.71. The van der Waals surface area contributed by atoms with Crippen LogP contribution in [-0.2, 0) is 13.0 Å². The van der Waals surface area contributed by atoms with Crippen molar-refractivity contribution in [3.05, 3.63) is 47.3 Å². The standard InChI is InChI=1S/C12H14F2N4/c1-2-18-12(7-16-17-18)11(15)5-8-3-9(13)6-10(14)4-8/h3-4,6-7,11H,2,5,15H2,1H3. The van der Waals surface area contributed by atoms with Crippen LogP contribution >= 0.6 is 0 Å². The summed E-state index contributed by atoms with van der Waals surface area (Å²) in [6, 6.07) is 3.01. The molecule has 4 nitrogen and oxygen atoms in total. The van der Waals surface area contributed by atoms with Crippen molar-refractivity contribution >= 4 is 0 Å². The second-order valence-electron chi connectivity index (χ2n) is 4.06. The largest absolute Gasteiger partial charge is 0.322 e. The second kappa shape index (κ2) is 5.22. The summed E-state index contributed by atoms with van der Waals surface area (Å²) in [6.07, 6.45) is 1.91. The molecule has 0 saturated heterocycles. The highest BCUT2D eigenvalue weighted by Gasteiger charge is 2.13. The van der Waals surface area contributed by atoms with Gasteiger partial charge in [-0.3, -0.25) is 0 Å². The first-order valence-electron chi connectivity index (χ1n) is 5.69. The van der Waals surface area contributed by atoms with Gasteiger partial charge in [-0.1, -0.05) is 5.21 Å². The summed E-state index contributed by atoms with van der Waals surface area (Å²) < 4.78 is 27.8. The molecule has 0 bridgehead atoms. The van der Waals surface area contributed by atoms with Gasteiger partial charge in [0, 0.05) is 12.6 Å². The number of rotatable bonds is 4. The fourth-order valence-electron chi connectivity index (χ4n) is 1.89. The number of aryl methyl sites for hydroxylation is 1. The van der Waals surface area contributed by atoms with Crippen LogP contribution in [0.3, 0.4) is 0 Å². The lowest BCUT2D eigenvalue weighted by Gasteiger charge is -2.12. The number of nitrogens with two attached hydrogens (primary N) is 1. The van der Waals surface area contributed by atoms with Gasteiger partial charge in [0.25, 0.3) is 0 Å². The van der Waals surface area contributed by atoms with E-state index in [1.165, 1.54) is 12.1 Å². The number of hydrogen-bond donors (Lipinski definition) is 1. The zero-order chi connectivity index (χ0) is 13.1. The van der Waals surface area contributed by atoms with Crippen molar-refractivity contribution in [2.75, 3.05) is 0 Å². The number of hydrogen-bond acceptors (Lipinski definition) is 3.